The number of aromatic nitrogens is 1. The van der Waals surface area contributed by atoms with Crippen LogP contribution in [-0.4, -0.2) is 33.5 Å². The number of nitrogens with zero attached hydrogens (tertiary/aromatic N) is 2. The van der Waals surface area contributed by atoms with Gasteiger partial charge in [-0.3, -0.25) is 14.7 Å². The molecule has 1 saturated heterocycles. The fraction of sp³-hybridized carbons (Fsp3) is 0.333. The molecule has 1 aliphatic rings. The highest BCUT2D eigenvalue weighted by Gasteiger charge is 2.36. The van der Waals surface area contributed by atoms with Crippen molar-refractivity contribution in [2.45, 2.75) is 31.3 Å². The minimum atomic E-state index is -0.736. The third kappa shape index (κ3) is 3.62. The molecule has 2 aromatic rings. The van der Waals surface area contributed by atoms with Gasteiger partial charge < -0.3 is 5.11 Å². The maximum Gasteiger partial charge on any atom is 0.320 e. The molecule has 120 valence electrons. The normalized spacial score (nSPS) is 19.6. The van der Waals surface area contributed by atoms with Crippen LogP contribution in [-0.2, 0) is 11.2 Å². The molecule has 2 unspecified atom stereocenters. The van der Waals surface area contributed by atoms with Gasteiger partial charge in [0, 0.05) is 28.8 Å². The van der Waals surface area contributed by atoms with E-state index in [9.17, 15) is 9.90 Å². The number of halogens is 1. The summed E-state index contributed by atoms with van der Waals surface area (Å²) in [6, 6.07) is 13.5. The predicted octanol–water partition coefficient (Wildman–Crippen LogP) is 3.68. The lowest BCUT2D eigenvalue weighted by atomic mass is 9.99. The van der Waals surface area contributed by atoms with Crippen LogP contribution in [0.2, 0.25) is 0 Å². The third-order valence-corrected chi connectivity index (χ3v) is 5.09. The van der Waals surface area contributed by atoms with E-state index in [1.807, 2.05) is 36.4 Å². The van der Waals surface area contributed by atoms with Crippen molar-refractivity contribution in [2.75, 3.05) is 6.54 Å². The lowest BCUT2D eigenvalue weighted by Crippen LogP contribution is -2.39. The topological polar surface area (TPSA) is 53.4 Å². The Morgan fingerprint density at radius 2 is 2.09 bits per heavy atom. The van der Waals surface area contributed by atoms with Crippen LogP contribution in [0.5, 0.6) is 0 Å². The van der Waals surface area contributed by atoms with E-state index in [0.29, 0.717) is 12.8 Å². The molecule has 1 N–H and O–H groups in total. The molecule has 1 fully saturated rings. The summed E-state index contributed by atoms with van der Waals surface area (Å²) in [5.41, 5.74) is 2.09. The van der Waals surface area contributed by atoms with Gasteiger partial charge in [0.15, 0.2) is 0 Å². The minimum Gasteiger partial charge on any atom is -0.480 e. The van der Waals surface area contributed by atoms with Crippen molar-refractivity contribution in [3.63, 3.8) is 0 Å². The first kappa shape index (κ1) is 16.1. The van der Waals surface area contributed by atoms with Crippen LogP contribution in [0, 0.1) is 0 Å². The van der Waals surface area contributed by atoms with Gasteiger partial charge in [-0.05, 0) is 43.1 Å². The van der Waals surface area contributed by atoms with Gasteiger partial charge in [-0.1, -0.05) is 40.2 Å². The van der Waals surface area contributed by atoms with Crippen LogP contribution in [0.1, 0.15) is 30.1 Å². The third-order valence-electron chi connectivity index (χ3n) is 4.37. The number of carboxylic acid groups (broad SMARTS) is 1. The average molecular weight is 375 g/mol. The van der Waals surface area contributed by atoms with Gasteiger partial charge in [0.1, 0.15) is 6.04 Å². The largest absolute Gasteiger partial charge is 0.480 e. The Morgan fingerprint density at radius 1 is 1.30 bits per heavy atom. The number of aliphatic carboxylic acids is 1. The zero-order valence-electron chi connectivity index (χ0n) is 12.7. The highest BCUT2D eigenvalue weighted by atomic mass is 79.9. The summed E-state index contributed by atoms with van der Waals surface area (Å²) in [6.07, 6.45) is 4.11. The Morgan fingerprint density at radius 3 is 2.78 bits per heavy atom. The van der Waals surface area contributed by atoms with Crippen molar-refractivity contribution >= 4 is 21.9 Å². The molecule has 1 aromatic carbocycles. The SMILES string of the molecule is O=C(O)C1CCCN1C(Cc1ccccn1)c1ccccc1Br. The minimum absolute atomic E-state index is 0.00377. The highest BCUT2D eigenvalue weighted by molar-refractivity contribution is 9.10. The lowest BCUT2D eigenvalue weighted by Gasteiger charge is -2.32. The fourth-order valence-electron chi connectivity index (χ4n) is 3.30. The Kier molecular flexibility index (Phi) is 5.08. The Bertz CT molecular complexity index is 678. The van der Waals surface area contributed by atoms with Crippen LogP contribution in [0.4, 0.5) is 0 Å². The van der Waals surface area contributed by atoms with E-state index in [4.69, 9.17) is 0 Å². The first-order valence-corrected chi connectivity index (χ1v) is 8.59. The van der Waals surface area contributed by atoms with Crippen molar-refractivity contribution < 1.29 is 9.90 Å². The molecule has 0 amide bonds. The molecular weight excluding hydrogens is 356 g/mol. The molecule has 2 heterocycles. The van der Waals surface area contributed by atoms with Crippen LogP contribution >= 0.6 is 15.9 Å². The van der Waals surface area contributed by atoms with Gasteiger partial charge in [0.2, 0.25) is 0 Å². The summed E-state index contributed by atoms with van der Waals surface area (Å²) in [4.78, 5) is 18.1. The first-order valence-electron chi connectivity index (χ1n) is 7.79. The fourth-order valence-corrected chi connectivity index (χ4v) is 3.84. The monoisotopic (exact) mass is 374 g/mol. The second-order valence-corrected chi connectivity index (χ2v) is 6.65. The zero-order chi connectivity index (χ0) is 16.2. The number of hydrogen-bond acceptors (Lipinski definition) is 3. The molecule has 0 spiro atoms. The number of pyridine rings is 1. The Hall–Kier alpha value is -1.72. The quantitative estimate of drug-likeness (QED) is 0.866. The summed E-state index contributed by atoms with van der Waals surface area (Å²) in [6.45, 7) is 0.801. The van der Waals surface area contributed by atoms with Crippen LogP contribution in [0.3, 0.4) is 0 Å². The molecule has 0 aliphatic carbocycles. The summed E-state index contributed by atoms with van der Waals surface area (Å²) in [7, 11) is 0. The smallest absolute Gasteiger partial charge is 0.320 e. The summed E-state index contributed by atoms with van der Waals surface area (Å²) < 4.78 is 1.01. The van der Waals surface area contributed by atoms with Gasteiger partial charge in [0.25, 0.3) is 0 Å². The van der Waals surface area contributed by atoms with E-state index in [0.717, 1.165) is 28.7 Å². The molecule has 0 bridgehead atoms. The van der Waals surface area contributed by atoms with E-state index in [-0.39, 0.29) is 6.04 Å². The van der Waals surface area contributed by atoms with Gasteiger partial charge in [-0.15, -0.1) is 0 Å². The summed E-state index contributed by atoms with van der Waals surface area (Å²) >= 11 is 3.62. The molecule has 4 nitrogen and oxygen atoms in total. The van der Waals surface area contributed by atoms with Gasteiger partial charge in [-0.2, -0.15) is 0 Å². The molecular formula is C18H19BrN2O2. The highest BCUT2D eigenvalue weighted by Crippen LogP contribution is 2.35. The molecule has 5 heteroatoms. The number of carbonyl (C=O) groups is 1. The molecule has 23 heavy (non-hydrogen) atoms. The summed E-state index contributed by atoms with van der Waals surface area (Å²) in [5, 5.41) is 9.55. The average Bonchev–Trinajstić information content (AvgIpc) is 3.04. The molecule has 3 rings (SSSR count). The maximum absolute atomic E-state index is 11.6. The second kappa shape index (κ2) is 7.23. The van der Waals surface area contributed by atoms with Gasteiger partial charge in [-0.25, -0.2) is 0 Å². The Labute approximate surface area is 144 Å². The second-order valence-electron chi connectivity index (χ2n) is 5.80. The van der Waals surface area contributed by atoms with Crippen molar-refractivity contribution in [1.29, 1.82) is 0 Å². The van der Waals surface area contributed by atoms with E-state index >= 15 is 0 Å². The lowest BCUT2D eigenvalue weighted by molar-refractivity contribution is -0.143. The number of benzene rings is 1. The van der Waals surface area contributed by atoms with E-state index in [1.54, 1.807) is 6.20 Å². The van der Waals surface area contributed by atoms with Crippen molar-refractivity contribution in [1.82, 2.24) is 9.88 Å². The van der Waals surface area contributed by atoms with E-state index in [2.05, 4.69) is 31.9 Å². The molecule has 1 aliphatic heterocycles. The predicted molar refractivity (Wildman–Crippen MR) is 92.2 cm³/mol. The van der Waals surface area contributed by atoms with Crippen LogP contribution < -0.4 is 0 Å². The number of hydrogen-bond donors (Lipinski definition) is 1. The first-order chi connectivity index (χ1) is 11.2. The molecule has 0 radical (unpaired) electrons. The number of carboxylic acids is 1. The molecule has 0 saturated carbocycles. The standard InChI is InChI=1S/C18H19BrN2O2/c19-15-8-2-1-7-14(15)17(12-13-6-3-4-10-20-13)21-11-5-9-16(21)18(22)23/h1-4,6-8,10,16-17H,5,9,11-12H2,(H,22,23). The van der Waals surface area contributed by atoms with Crippen molar-refractivity contribution in [3.05, 3.63) is 64.4 Å². The van der Waals surface area contributed by atoms with Crippen molar-refractivity contribution in [3.8, 4) is 0 Å². The number of rotatable bonds is 5. The van der Waals surface area contributed by atoms with Crippen molar-refractivity contribution in [2.24, 2.45) is 0 Å². The van der Waals surface area contributed by atoms with Gasteiger partial charge >= 0.3 is 5.97 Å². The Balaban J connectivity index is 1.96. The summed E-state index contributed by atoms with van der Waals surface area (Å²) in [5.74, 6) is -0.736. The van der Waals surface area contributed by atoms with E-state index < -0.39 is 12.0 Å². The number of likely N-dealkylation sites (tertiary alicyclic amines) is 1. The van der Waals surface area contributed by atoms with Crippen LogP contribution in [0.25, 0.3) is 0 Å². The van der Waals surface area contributed by atoms with Crippen LogP contribution in [0.15, 0.2) is 53.1 Å². The zero-order valence-corrected chi connectivity index (χ0v) is 14.3. The van der Waals surface area contributed by atoms with Gasteiger partial charge in [0.05, 0.1) is 0 Å². The maximum atomic E-state index is 11.6. The molecule has 2 atom stereocenters. The van der Waals surface area contributed by atoms with E-state index in [1.165, 1.54) is 0 Å². The molecule has 1 aromatic heterocycles.